The summed E-state index contributed by atoms with van der Waals surface area (Å²) in [5.41, 5.74) is 1.41. The number of benzene rings is 1. The molecule has 3 nitrogen and oxygen atoms in total. The molecule has 21 heavy (non-hydrogen) atoms. The maximum Gasteiger partial charge on any atom is 0.0613 e. The van der Waals surface area contributed by atoms with Crippen LogP contribution in [0.5, 0.6) is 0 Å². The summed E-state index contributed by atoms with van der Waals surface area (Å²) >= 11 is 0. The Kier molecular flexibility index (Phi) is 4.63. The Labute approximate surface area is 128 Å². The zero-order valence-corrected chi connectivity index (χ0v) is 13.1. The van der Waals surface area contributed by atoms with Crippen LogP contribution in [0.25, 0.3) is 0 Å². The fourth-order valence-corrected chi connectivity index (χ4v) is 4.03. The molecular weight excluding hydrogens is 260 g/mol. The molecular formula is C18H28N2O. The summed E-state index contributed by atoms with van der Waals surface area (Å²) in [7, 11) is 0. The topological polar surface area (TPSA) is 35.5 Å². The fraction of sp³-hybridized carbons (Fsp3) is 0.667. The highest BCUT2D eigenvalue weighted by atomic mass is 16.3. The number of likely N-dealkylation sites (tertiary alicyclic amines) is 1. The van der Waals surface area contributed by atoms with Crippen LogP contribution >= 0.6 is 0 Å². The lowest BCUT2D eigenvalue weighted by atomic mass is 9.97. The number of nitrogens with one attached hydrogen (secondary N) is 1. The third-order valence-electron chi connectivity index (χ3n) is 5.42. The molecule has 1 aliphatic carbocycles. The molecule has 3 heteroatoms. The van der Waals surface area contributed by atoms with Gasteiger partial charge in [-0.25, -0.2) is 0 Å². The molecule has 2 fully saturated rings. The van der Waals surface area contributed by atoms with E-state index in [-0.39, 0.29) is 12.1 Å². The summed E-state index contributed by atoms with van der Waals surface area (Å²) < 4.78 is 0. The molecule has 116 valence electrons. The van der Waals surface area contributed by atoms with Gasteiger partial charge in [-0.2, -0.15) is 0 Å². The number of hydrogen-bond donors (Lipinski definition) is 2. The fourth-order valence-electron chi connectivity index (χ4n) is 4.03. The zero-order chi connectivity index (χ0) is 14.7. The van der Waals surface area contributed by atoms with Crippen molar-refractivity contribution in [2.45, 2.75) is 56.7 Å². The van der Waals surface area contributed by atoms with Crippen molar-refractivity contribution >= 4 is 0 Å². The second-order valence-electron chi connectivity index (χ2n) is 6.86. The van der Waals surface area contributed by atoms with E-state index in [0.29, 0.717) is 12.1 Å². The summed E-state index contributed by atoms with van der Waals surface area (Å²) in [5, 5.41) is 13.5. The average molecular weight is 288 g/mol. The van der Waals surface area contributed by atoms with Crippen LogP contribution in [0, 0.1) is 0 Å². The molecule has 0 spiro atoms. The Bertz CT molecular complexity index is 442. The molecule has 0 amide bonds. The van der Waals surface area contributed by atoms with Gasteiger partial charge in [0.15, 0.2) is 0 Å². The van der Waals surface area contributed by atoms with Crippen molar-refractivity contribution in [2.24, 2.45) is 0 Å². The maximum atomic E-state index is 9.75. The third-order valence-corrected chi connectivity index (χ3v) is 5.42. The molecule has 1 heterocycles. The van der Waals surface area contributed by atoms with E-state index >= 15 is 0 Å². The Morgan fingerprint density at radius 2 is 2.00 bits per heavy atom. The van der Waals surface area contributed by atoms with Crippen LogP contribution in [0.2, 0.25) is 0 Å². The van der Waals surface area contributed by atoms with Crippen LogP contribution in [0.15, 0.2) is 30.3 Å². The number of nitrogens with zero attached hydrogens (tertiary/aromatic N) is 1. The van der Waals surface area contributed by atoms with Gasteiger partial charge in [0, 0.05) is 30.7 Å². The number of aliphatic hydroxyl groups excluding tert-OH is 1. The first-order valence-corrected chi connectivity index (χ1v) is 8.40. The molecule has 3 rings (SSSR count). The van der Waals surface area contributed by atoms with Crippen LogP contribution in [0.1, 0.15) is 50.6 Å². The van der Waals surface area contributed by atoms with Gasteiger partial charge >= 0.3 is 0 Å². The maximum absolute atomic E-state index is 9.75. The minimum absolute atomic E-state index is 0.0106. The molecule has 2 atom stereocenters. The first kappa shape index (κ1) is 15.0. The Morgan fingerprint density at radius 1 is 1.29 bits per heavy atom. The highest BCUT2D eigenvalue weighted by molar-refractivity contribution is 5.18. The van der Waals surface area contributed by atoms with E-state index in [0.717, 1.165) is 25.9 Å². The number of aliphatic hydroxyl groups is 1. The van der Waals surface area contributed by atoms with Gasteiger partial charge in [-0.1, -0.05) is 43.2 Å². The van der Waals surface area contributed by atoms with E-state index in [1.165, 1.54) is 24.8 Å². The molecule has 1 aromatic carbocycles. The molecule has 0 radical (unpaired) electrons. The molecule has 2 N–H and O–H groups in total. The molecule has 1 aliphatic heterocycles. The van der Waals surface area contributed by atoms with Crippen LogP contribution in [0.3, 0.4) is 0 Å². The van der Waals surface area contributed by atoms with Crippen molar-refractivity contribution < 1.29 is 5.11 Å². The molecule has 1 saturated carbocycles. The SMILES string of the molecule is CC(c1ccccc1)N1CCC(NC2(CO)CCCC2)C1. The summed E-state index contributed by atoms with van der Waals surface area (Å²) in [5.74, 6) is 0. The molecule has 2 unspecified atom stereocenters. The van der Waals surface area contributed by atoms with Gasteiger partial charge in [0.25, 0.3) is 0 Å². The van der Waals surface area contributed by atoms with Crippen LogP contribution in [0.4, 0.5) is 0 Å². The quantitative estimate of drug-likeness (QED) is 0.874. The molecule has 0 aromatic heterocycles. The summed E-state index contributed by atoms with van der Waals surface area (Å²) in [6.07, 6.45) is 5.97. The van der Waals surface area contributed by atoms with Crippen molar-refractivity contribution in [2.75, 3.05) is 19.7 Å². The highest BCUT2D eigenvalue weighted by Gasteiger charge is 2.37. The predicted molar refractivity (Wildman–Crippen MR) is 86.3 cm³/mol. The third kappa shape index (κ3) is 3.31. The van der Waals surface area contributed by atoms with Crippen molar-refractivity contribution in [3.63, 3.8) is 0 Å². The molecule has 1 saturated heterocycles. The van der Waals surface area contributed by atoms with Gasteiger partial charge in [-0.3, -0.25) is 4.90 Å². The lowest BCUT2D eigenvalue weighted by molar-refractivity contribution is 0.148. The van der Waals surface area contributed by atoms with Crippen LogP contribution < -0.4 is 5.32 Å². The van der Waals surface area contributed by atoms with Crippen LogP contribution in [-0.2, 0) is 0 Å². The second-order valence-corrected chi connectivity index (χ2v) is 6.86. The predicted octanol–water partition coefficient (Wildman–Crippen LogP) is 2.72. The standard InChI is InChI=1S/C18H28N2O/c1-15(16-7-3-2-4-8-16)20-12-9-17(13-20)19-18(14-21)10-5-6-11-18/h2-4,7-8,15,17,19,21H,5-6,9-14H2,1H3. The summed E-state index contributed by atoms with van der Waals surface area (Å²) in [4.78, 5) is 2.56. The first-order chi connectivity index (χ1) is 10.2. The Balaban J connectivity index is 1.58. The van der Waals surface area contributed by atoms with Crippen molar-refractivity contribution in [1.29, 1.82) is 0 Å². The lowest BCUT2D eigenvalue weighted by Crippen LogP contribution is -2.52. The van der Waals surface area contributed by atoms with Crippen molar-refractivity contribution in [3.05, 3.63) is 35.9 Å². The minimum atomic E-state index is 0.0106. The summed E-state index contributed by atoms with van der Waals surface area (Å²) in [6, 6.07) is 11.8. The van der Waals surface area contributed by atoms with Gasteiger partial charge in [0.05, 0.1) is 6.61 Å². The number of hydrogen-bond acceptors (Lipinski definition) is 3. The van der Waals surface area contributed by atoms with Gasteiger partial charge in [-0.15, -0.1) is 0 Å². The van der Waals surface area contributed by atoms with E-state index in [1.807, 2.05) is 0 Å². The first-order valence-electron chi connectivity index (χ1n) is 8.40. The van der Waals surface area contributed by atoms with Crippen LogP contribution in [-0.4, -0.2) is 41.3 Å². The van der Waals surface area contributed by atoms with E-state index < -0.39 is 0 Å². The van der Waals surface area contributed by atoms with Gasteiger partial charge < -0.3 is 10.4 Å². The monoisotopic (exact) mass is 288 g/mol. The van der Waals surface area contributed by atoms with E-state index in [4.69, 9.17) is 0 Å². The number of rotatable bonds is 5. The van der Waals surface area contributed by atoms with Crippen molar-refractivity contribution in [3.8, 4) is 0 Å². The largest absolute Gasteiger partial charge is 0.394 e. The molecule has 0 bridgehead atoms. The lowest BCUT2D eigenvalue weighted by Gasteiger charge is -2.32. The van der Waals surface area contributed by atoms with E-state index in [2.05, 4.69) is 47.5 Å². The van der Waals surface area contributed by atoms with Gasteiger partial charge in [0.2, 0.25) is 0 Å². The normalized spacial score (nSPS) is 27.0. The Hall–Kier alpha value is -0.900. The van der Waals surface area contributed by atoms with Gasteiger partial charge in [0.1, 0.15) is 0 Å². The second kappa shape index (κ2) is 6.47. The molecule has 2 aliphatic rings. The van der Waals surface area contributed by atoms with Gasteiger partial charge in [-0.05, 0) is 31.7 Å². The van der Waals surface area contributed by atoms with E-state index in [1.54, 1.807) is 0 Å². The van der Waals surface area contributed by atoms with Crippen molar-refractivity contribution in [1.82, 2.24) is 10.2 Å². The average Bonchev–Trinajstić information content (AvgIpc) is 3.18. The molecule has 1 aromatic rings. The smallest absolute Gasteiger partial charge is 0.0613 e. The minimum Gasteiger partial charge on any atom is -0.394 e. The summed E-state index contributed by atoms with van der Waals surface area (Å²) in [6.45, 7) is 4.83. The van der Waals surface area contributed by atoms with E-state index in [9.17, 15) is 5.11 Å². The zero-order valence-electron chi connectivity index (χ0n) is 13.1. The highest BCUT2D eigenvalue weighted by Crippen LogP contribution is 2.32. The Morgan fingerprint density at radius 3 is 2.67 bits per heavy atom.